The molecule has 10 heteroatoms. The van der Waals surface area contributed by atoms with Crippen LogP contribution in [0.3, 0.4) is 0 Å². The number of ether oxygens (including phenoxy) is 2. The summed E-state index contributed by atoms with van der Waals surface area (Å²) in [7, 11) is 4.60. The van der Waals surface area contributed by atoms with Crippen molar-refractivity contribution in [3.8, 4) is 0 Å². The SMILES string of the molecule is COC(=O)[C@H](CC(C)C)NC(=O)COC(=O)c1cc([NH+]([O-])O)ccc1N(C)C. The molecule has 1 rings (SSSR count). The van der Waals surface area contributed by atoms with Crippen LogP contribution in [0.5, 0.6) is 0 Å². The number of quaternary nitrogens is 1. The molecule has 0 saturated carbocycles. The summed E-state index contributed by atoms with van der Waals surface area (Å²) in [5, 5.41) is 21.6. The fourth-order valence-electron chi connectivity index (χ4n) is 2.50. The molecule has 0 heterocycles. The van der Waals surface area contributed by atoms with Gasteiger partial charge in [-0.15, -0.1) is 0 Å². The molecule has 3 N–H and O–H groups in total. The van der Waals surface area contributed by atoms with Crippen molar-refractivity contribution in [2.45, 2.75) is 26.3 Å². The number of amides is 1. The van der Waals surface area contributed by atoms with Crippen LogP contribution in [-0.2, 0) is 19.1 Å². The lowest BCUT2D eigenvalue weighted by molar-refractivity contribution is -0.991. The average molecular weight is 397 g/mol. The number of rotatable bonds is 9. The first kappa shape index (κ1) is 23.3. The van der Waals surface area contributed by atoms with Crippen molar-refractivity contribution in [2.75, 3.05) is 32.7 Å². The van der Waals surface area contributed by atoms with Crippen LogP contribution in [0.2, 0.25) is 0 Å². The van der Waals surface area contributed by atoms with Gasteiger partial charge in [-0.1, -0.05) is 13.8 Å². The van der Waals surface area contributed by atoms with E-state index in [-0.39, 0.29) is 17.2 Å². The number of esters is 2. The van der Waals surface area contributed by atoms with Crippen molar-refractivity contribution < 1.29 is 34.3 Å². The van der Waals surface area contributed by atoms with Crippen LogP contribution >= 0.6 is 0 Å². The summed E-state index contributed by atoms with van der Waals surface area (Å²) < 4.78 is 9.68. The molecule has 2 atom stereocenters. The van der Waals surface area contributed by atoms with Gasteiger partial charge < -0.3 is 24.9 Å². The number of benzene rings is 1. The number of carbonyl (C=O) groups excluding carboxylic acids is 3. The van der Waals surface area contributed by atoms with Crippen molar-refractivity contribution in [3.63, 3.8) is 0 Å². The van der Waals surface area contributed by atoms with Gasteiger partial charge in [0, 0.05) is 26.2 Å². The van der Waals surface area contributed by atoms with Crippen molar-refractivity contribution >= 4 is 29.2 Å². The van der Waals surface area contributed by atoms with Gasteiger partial charge in [0.05, 0.1) is 18.4 Å². The molecule has 0 saturated heterocycles. The molecule has 0 spiro atoms. The quantitative estimate of drug-likeness (QED) is 0.392. The maximum Gasteiger partial charge on any atom is 0.340 e. The largest absolute Gasteiger partial charge is 0.595 e. The summed E-state index contributed by atoms with van der Waals surface area (Å²) in [4.78, 5) is 37.9. The summed E-state index contributed by atoms with van der Waals surface area (Å²) in [6.07, 6.45) is 0.373. The molecule has 1 amide bonds. The number of nitrogens with zero attached hydrogens (tertiary/aromatic N) is 1. The summed E-state index contributed by atoms with van der Waals surface area (Å²) >= 11 is 0. The first-order valence-electron chi connectivity index (χ1n) is 8.65. The predicted octanol–water partition coefficient (Wildman–Crippen LogP) is 0.0167. The molecule has 156 valence electrons. The van der Waals surface area contributed by atoms with E-state index in [1.54, 1.807) is 19.0 Å². The molecule has 0 aromatic heterocycles. The highest BCUT2D eigenvalue weighted by Gasteiger charge is 2.24. The molecule has 0 radical (unpaired) electrons. The zero-order valence-corrected chi connectivity index (χ0v) is 16.6. The van der Waals surface area contributed by atoms with Gasteiger partial charge in [-0.2, -0.15) is 5.23 Å². The van der Waals surface area contributed by atoms with Gasteiger partial charge in [0.15, 0.2) is 12.3 Å². The highest BCUT2D eigenvalue weighted by atomic mass is 16.8. The lowest BCUT2D eigenvalue weighted by Crippen LogP contribution is -2.99. The van der Waals surface area contributed by atoms with Gasteiger partial charge >= 0.3 is 11.9 Å². The smallest absolute Gasteiger partial charge is 0.340 e. The molecule has 0 bridgehead atoms. The van der Waals surface area contributed by atoms with Gasteiger partial charge in [-0.25, -0.2) is 14.8 Å². The van der Waals surface area contributed by atoms with Gasteiger partial charge in [0.25, 0.3) is 5.91 Å². The zero-order valence-electron chi connectivity index (χ0n) is 16.6. The summed E-state index contributed by atoms with van der Waals surface area (Å²) in [6, 6.07) is 3.20. The van der Waals surface area contributed by atoms with E-state index in [1.807, 2.05) is 13.8 Å². The minimum Gasteiger partial charge on any atom is -0.595 e. The Bertz CT molecular complexity index is 704. The normalized spacial score (nSPS) is 12.9. The Hall–Kier alpha value is -2.69. The number of nitrogens with one attached hydrogen (secondary N) is 2. The second kappa shape index (κ2) is 10.6. The molecule has 1 aromatic carbocycles. The lowest BCUT2D eigenvalue weighted by atomic mass is 10.0. The third-order valence-electron chi connectivity index (χ3n) is 3.81. The number of hydrogen-bond donors (Lipinski definition) is 3. The van der Waals surface area contributed by atoms with E-state index in [2.05, 4.69) is 10.1 Å². The van der Waals surface area contributed by atoms with Gasteiger partial charge in [0.1, 0.15) is 6.04 Å². The Kier molecular flexibility index (Phi) is 8.83. The minimum absolute atomic E-state index is 0.0180. The van der Waals surface area contributed by atoms with E-state index in [1.165, 1.54) is 25.3 Å². The Morgan fingerprint density at radius 2 is 1.93 bits per heavy atom. The summed E-state index contributed by atoms with van der Waals surface area (Å²) in [5.74, 6) is -1.96. The average Bonchev–Trinajstić information content (AvgIpc) is 2.63. The van der Waals surface area contributed by atoms with Crippen molar-refractivity contribution in [3.05, 3.63) is 29.0 Å². The van der Waals surface area contributed by atoms with E-state index in [0.29, 0.717) is 12.1 Å². The topological polar surface area (TPSA) is 133 Å². The first-order chi connectivity index (χ1) is 13.1. The van der Waals surface area contributed by atoms with Crippen LogP contribution in [-0.4, -0.2) is 56.9 Å². The Balaban J connectivity index is 2.84. The molecule has 0 aliphatic heterocycles. The summed E-state index contributed by atoms with van der Waals surface area (Å²) in [5.41, 5.74) is 0.386. The summed E-state index contributed by atoms with van der Waals surface area (Å²) in [6.45, 7) is 3.16. The highest BCUT2D eigenvalue weighted by Crippen LogP contribution is 2.22. The van der Waals surface area contributed by atoms with Crippen molar-refractivity contribution in [2.24, 2.45) is 5.92 Å². The van der Waals surface area contributed by atoms with E-state index in [9.17, 15) is 19.6 Å². The van der Waals surface area contributed by atoms with Crippen LogP contribution in [0.25, 0.3) is 0 Å². The monoisotopic (exact) mass is 397 g/mol. The molecule has 0 aliphatic carbocycles. The Morgan fingerprint density at radius 1 is 1.29 bits per heavy atom. The van der Waals surface area contributed by atoms with Crippen LogP contribution in [0, 0.1) is 11.1 Å². The standard InChI is InChI=1S/C18H27N3O7/c1-11(2)8-14(18(24)27-5)19-16(22)10-28-17(23)13-9-12(21(25)26)6-7-15(13)20(3)4/h6-7,9,11,14,21,25H,8,10H2,1-5H3,(H,19,22)/t14-/m0/s1. The molecule has 10 nitrogen and oxygen atoms in total. The zero-order chi connectivity index (χ0) is 21.4. The van der Waals surface area contributed by atoms with E-state index < -0.39 is 35.7 Å². The Morgan fingerprint density at radius 3 is 2.43 bits per heavy atom. The molecule has 1 aromatic rings. The number of hydrogen-bond acceptors (Lipinski definition) is 8. The van der Waals surface area contributed by atoms with Gasteiger partial charge in [0.2, 0.25) is 0 Å². The minimum atomic E-state index is -1.19. The van der Waals surface area contributed by atoms with E-state index in [4.69, 9.17) is 9.94 Å². The van der Waals surface area contributed by atoms with Crippen LogP contribution in [0.1, 0.15) is 30.6 Å². The lowest BCUT2D eigenvalue weighted by Gasteiger charge is -2.20. The Labute approximate surface area is 163 Å². The fourth-order valence-corrected chi connectivity index (χ4v) is 2.50. The van der Waals surface area contributed by atoms with Gasteiger partial charge in [-0.05, 0) is 18.4 Å². The molecular formula is C18H27N3O7. The van der Waals surface area contributed by atoms with Gasteiger partial charge in [-0.3, -0.25) is 4.79 Å². The predicted molar refractivity (Wildman–Crippen MR) is 100 cm³/mol. The maximum absolute atomic E-state index is 12.4. The highest BCUT2D eigenvalue weighted by molar-refractivity contribution is 5.98. The van der Waals surface area contributed by atoms with Crippen molar-refractivity contribution in [1.29, 1.82) is 0 Å². The second-order valence-electron chi connectivity index (χ2n) is 6.78. The third-order valence-corrected chi connectivity index (χ3v) is 3.81. The molecular weight excluding hydrogens is 370 g/mol. The number of methoxy groups -OCH3 is 1. The van der Waals surface area contributed by atoms with E-state index >= 15 is 0 Å². The third kappa shape index (κ3) is 6.80. The molecule has 0 fully saturated rings. The maximum atomic E-state index is 12.4. The van der Waals surface area contributed by atoms with Crippen molar-refractivity contribution in [1.82, 2.24) is 5.32 Å². The number of anilines is 1. The molecule has 0 aliphatic rings. The molecule has 28 heavy (non-hydrogen) atoms. The van der Waals surface area contributed by atoms with Crippen LogP contribution in [0.4, 0.5) is 11.4 Å². The fraction of sp³-hybridized carbons (Fsp3) is 0.500. The van der Waals surface area contributed by atoms with Crippen LogP contribution < -0.4 is 15.4 Å². The van der Waals surface area contributed by atoms with E-state index in [0.717, 1.165) is 0 Å². The first-order valence-corrected chi connectivity index (χ1v) is 8.65. The second-order valence-corrected chi connectivity index (χ2v) is 6.78. The van der Waals surface area contributed by atoms with Crippen LogP contribution in [0.15, 0.2) is 18.2 Å². The molecule has 1 unspecified atom stereocenters. The number of carbonyl (C=O) groups is 3.